The van der Waals surface area contributed by atoms with Gasteiger partial charge in [-0.1, -0.05) is 24.3 Å². The number of carbonyl (C=O) groups excluding carboxylic acids is 2. The number of hydrogen-bond donors (Lipinski definition) is 1. The molecule has 0 aromatic heterocycles. The molecule has 26 heavy (non-hydrogen) atoms. The van der Waals surface area contributed by atoms with Crippen LogP contribution in [0, 0.1) is 18.3 Å². The van der Waals surface area contributed by atoms with Crippen LogP contribution in [0.25, 0.3) is 0 Å². The number of esters is 1. The number of benzene rings is 2. The van der Waals surface area contributed by atoms with E-state index in [9.17, 15) is 9.59 Å². The fraction of sp³-hybridized carbons (Fsp3) is 0.250. The van der Waals surface area contributed by atoms with E-state index in [1.165, 1.54) is 0 Å². The summed E-state index contributed by atoms with van der Waals surface area (Å²) < 4.78 is 10.4. The van der Waals surface area contributed by atoms with Gasteiger partial charge in [-0.05, 0) is 42.3 Å². The van der Waals surface area contributed by atoms with Gasteiger partial charge < -0.3 is 14.8 Å². The van der Waals surface area contributed by atoms with Crippen LogP contribution in [-0.2, 0) is 20.7 Å². The first-order chi connectivity index (χ1) is 12.6. The minimum atomic E-state index is -0.503. The minimum absolute atomic E-state index is 0.0596. The first kappa shape index (κ1) is 19.0. The van der Waals surface area contributed by atoms with Gasteiger partial charge in [0.15, 0.2) is 6.61 Å². The van der Waals surface area contributed by atoms with Crippen LogP contribution in [0.2, 0.25) is 0 Å². The van der Waals surface area contributed by atoms with Gasteiger partial charge in [-0.15, -0.1) is 0 Å². The third-order valence-corrected chi connectivity index (χ3v) is 3.45. The normalized spacial score (nSPS) is 9.85. The van der Waals surface area contributed by atoms with E-state index in [0.29, 0.717) is 17.9 Å². The molecule has 0 unspecified atom stereocenters. The lowest BCUT2D eigenvalue weighted by Crippen LogP contribution is -2.21. The zero-order chi connectivity index (χ0) is 18.8. The van der Waals surface area contributed by atoms with E-state index in [1.807, 2.05) is 31.2 Å². The Morgan fingerprint density at radius 3 is 2.62 bits per heavy atom. The number of anilines is 1. The number of amides is 1. The van der Waals surface area contributed by atoms with E-state index in [-0.39, 0.29) is 19.6 Å². The number of aryl methyl sites for hydroxylation is 1. The highest BCUT2D eigenvalue weighted by Gasteiger charge is 2.08. The lowest BCUT2D eigenvalue weighted by atomic mass is 10.1. The molecule has 0 aliphatic heterocycles. The van der Waals surface area contributed by atoms with E-state index in [1.54, 1.807) is 24.3 Å². The van der Waals surface area contributed by atoms with Crippen molar-refractivity contribution >= 4 is 17.6 Å². The van der Waals surface area contributed by atoms with Crippen LogP contribution < -0.4 is 10.1 Å². The van der Waals surface area contributed by atoms with Gasteiger partial charge in [-0.3, -0.25) is 9.59 Å². The second kappa shape index (κ2) is 9.84. The second-order valence-corrected chi connectivity index (χ2v) is 5.66. The highest BCUT2D eigenvalue weighted by Crippen LogP contribution is 2.12. The number of rotatable bonds is 8. The summed E-state index contributed by atoms with van der Waals surface area (Å²) in [5, 5.41) is 11.2. The summed E-state index contributed by atoms with van der Waals surface area (Å²) in [6.45, 7) is 1.78. The molecule has 0 atom stereocenters. The summed E-state index contributed by atoms with van der Waals surface area (Å²) in [7, 11) is 0. The van der Waals surface area contributed by atoms with Crippen molar-refractivity contribution in [2.75, 3.05) is 18.5 Å². The predicted molar refractivity (Wildman–Crippen MR) is 96.6 cm³/mol. The van der Waals surface area contributed by atoms with Gasteiger partial charge in [0.25, 0.3) is 5.91 Å². The van der Waals surface area contributed by atoms with Crippen molar-refractivity contribution in [1.29, 1.82) is 5.26 Å². The highest BCUT2D eigenvalue weighted by molar-refractivity contribution is 5.92. The zero-order valence-corrected chi connectivity index (χ0v) is 14.5. The minimum Gasteiger partial charge on any atom is -0.493 e. The first-order valence-corrected chi connectivity index (χ1v) is 8.17. The SMILES string of the molecule is Cc1cccc(OCCC(=O)OCC(=O)Nc2ccc(CC#N)cc2)c1. The molecule has 0 heterocycles. The van der Waals surface area contributed by atoms with Crippen LogP contribution in [0.5, 0.6) is 5.75 Å². The summed E-state index contributed by atoms with van der Waals surface area (Å²) >= 11 is 0. The molecule has 2 aromatic rings. The van der Waals surface area contributed by atoms with Crippen molar-refractivity contribution in [2.24, 2.45) is 0 Å². The van der Waals surface area contributed by atoms with Crippen LogP contribution in [-0.4, -0.2) is 25.1 Å². The van der Waals surface area contributed by atoms with Crippen LogP contribution in [0.3, 0.4) is 0 Å². The Hall–Kier alpha value is -3.33. The van der Waals surface area contributed by atoms with Gasteiger partial charge in [0, 0.05) is 5.69 Å². The molecule has 134 valence electrons. The third-order valence-electron chi connectivity index (χ3n) is 3.45. The molecule has 1 amide bonds. The van der Waals surface area contributed by atoms with Gasteiger partial charge in [0.05, 0.1) is 25.5 Å². The van der Waals surface area contributed by atoms with E-state index in [0.717, 1.165) is 11.1 Å². The third kappa shape index (κ3) is 6.65. The molecule has 6 heteroatoms. The number of nitrogens with one attached hydrogen (secondary N) is 1. The zero-order valence-electron chi connectivity index (χ0n) is 14.5. The van der Waals surface area contributed by atoms with Gasteiger partial charge in [-0.2, -0.15) is 5.26 Å². The van der Waals surface area contributed by atoms with Crippen molar-refractivity contribution in [2.45, 2.75) is 19.8 Å². The molecule has 6 nitrogen and oxygen atoms in total. The van der Waals surface area contributed by atoms with Gasteiger partial charge in [-0.25, -0.2) is 0 Å². The summed E-state index contributed by atoms with van der Waals surface area (Å²) in [4.78, 5) is 23.4. The maximum Gasteiger partial charge on any atom is 0.309 e. The van der Waals surface area contributed by atoms with Crippen LogP contribution in [0.4, 0.5) is 5.69 Å². The van der Waals surface area contributed by atoms with Gasteiger partial charge >= 0.3 is 5.97 Å². The molecular formula is C20H20N2O4. The van der Waals surface area contributed by atoms with Gasteiger partial charge in [0.1, 0.15) is 5.75 Å². The Kier molecular flexibility index (Phi) is 7.19. The van der Waals surface area contributed by atoms with Crippen molar-refractivity contribution < 1.29 is 19.1 Å². The summed E-state index contributed by atoms with van der Waals surface area (Å²) in [6.07, 6.45) is 0.376. The Morgan fingerprint density at radius 1 is 1.15 bits per heavy atom. The fourth-order valence-electron chi connectivity index (χ4n) is 2.17. The molecule has 2 rings (SSSR count). The number of carbonyl (C=O) groups is 2. The first-order valence-electron chi connectivity index (χ1n) is 8.17. The van der Waals surface area contributed by atoms with Crippen LogP contribution in [0.1, 0.15) is 17.5 Å². The standard InChI is InChI=1S/C20H20N2O4/c1-15-3-2-4-18(13-15)25-12-10-20(24)26-14-19(23)22-17-7-5-16(6-8-17)9-11-21/h2-8,13H,9-10,12,14H2,1H3,(H,22,23). The Bertz CT molecular complexity index is 794. The smallest absolute Gasteiger partial charge is 0.309 e. The quantitative estimate of drug-likeness (QED) is 0.738. The van der Waals surface area contributed by atoms with E-state index < -0.39 is 11.9 Å². The Balaban J connectivity index is 1.66. The molecule has 0 saturated heterocycles. The Labute approximate surface area is 152 Å². The van der Waals surface area contributed by atoms with E-state index >= 15 is 0 Å². The summed E-state index contributed by atoms with van der Waals surface area (Å²) in [6, 6.07) is 16.5. The largest absolute Gasteiger partial charge is 0.493 e. The number of hydrogen-bond acceptors (Lipinski definition) is 5. The molecule has 0 saturated carbocycles. The van der Waals surface area contributed by atoms with Crippen molar-refractivity contribution in [3.8, 4) is 11.8 Å². The predicted octanol–water partition coefficient (Wildman–Crippen LogP) is 3.01. The monoisotopic (exact) mass is 352 g/mol. The number of ether oxygens (including phenoxy) is 2. The maximum absolute atomic E-state index is 11.8. The van der Waals surface area contributed by atoms with Crippen molar-refractivity contribution in [1.82, 2.24) is 0 Å². The molecule has 0 radical (unpaired) electrons. The molecular weight excluding hydrogens is 332 g/mol. The van der Waals surface area contributed by atoms with Crippen molar-refractivity contribution in [3.05, 3.63) is 59.7 Å². The average Bonchev–Trinajstić information content (AvgIpc) is 2.62. The number of nitrogens with zero attached hydrogens (tertiary/aromatic N) is 1. The molecule has 0 fully saturated rings. The van der Waals surface area contributed by atoms with Crippen LogP contribution >= 0.6 is 0 Å². The molecule has 0 aliphatic rings. The summed E-state index contributed by atoms with van der Waals surface area (Å²) in [5.41, 5.74) is 2.52. The molecule has 0 aliphatic carbocycles. The average molecular weight is 352 g/mol. The van der Waals surface area contributed by atoms with Crippen LogP contribution in [0.15, 0.2) is 48.5 Å². The lowest BCUT2D eigenvalue weighted by molar-refractivity contribution is -0.147. The van der Waals surface area contributed by atoms with E-state index in [4.69, 9.17) is 14.7 Å². The fourth-order valence-corrected chi connectivity index (χ4v) is 2.17. The molecule has 0 spiro atoms. The molecule has 1 N–H and O–H groups in total. The van der Waals surface area contributed by atoms with Gasteiger partial charge in [0.2, 0.25) is 0 Å². The topological polar surface area (TPSA) is 88.4 Å². The highest BCUT2D eigenvalue weighted by atomic mass is 16.5. The lowest BCUT2D eigenvalue weighted by Gasteiger charge is -2.08. The summed E-state index contributed by atoms with van der Waals surface area (Å²) in [5.74, 6) is -0.237. The Morgan fingerprint density at radius 2 is 1.92 bits per heavy atom. The maximum atomic E-state index is 11.8. The number of nitriles is 1. The molecule has 2 aromatic carbocycles. The molecule has 0 bridgehead atoms. The second-order valence-electron chi connectivity index (χ2n) is 5.66. The van der Waals surface area contributed by atoms with E-state index in [2.05, 4.69) is 11.4 Å². The van der Waals surface area contributed by atoms with Crippen molar-refractivity contribution in [3.63, 3.8) is 0 Å².